The molecule has 6 heteroatoms. The Hall–Kier alpha value is -2.73. The monoisotopic (exact) mass is 427 g/mol. The molecule has 0 bridgehead atoms. The third-order valence-corrected chi connectivity index (χ3v) is 6.37. The van der Waals surface area contributed by atoms with Crippen LogP contribution in [0.15, 0.2) is 83.8 Å². The number of carbonyl (C=O) groups excluding carboxylic acids is 1. The lowest BCUT2D eigenvalue weighted by Gasteiger charge is -2.47. The molecule has 1 amide bonds. The molecule has 3 aromatic rings. The van der Waals surface area contributed by atoms with E-state index in [1.807, 2.05) is 61.5 Å². The minimum Gasteiger partial charge on any atom is -0.304 e. The molecule has 1 fully saturated rings. The highest BCUT2D eigenvalue weighted by Gasteiger charge is 2.48. The van der Waals surface area contributed by atoms with E-state index in [0.717, 1.165) is 28.9 Å². The first-order chi connectivity index (χ1) is 14.3. The van der Waals surface area contributed by atoms with Gasteiger partial charge in [-0.3, -0.25) is 4.79 Å². The van der Waals surface area contributed by atoms with Crippen LogP contribution >= 0.6 is 11.8 Å². The Morgan fingerprint density at radius 1 is 0.933 bits per heavy atom. The Morgan fingerprint density at radius 3 is 2.30 bits per heavy atom. The number of aryl methyl sites for hydroxylation is 1. The van der Waals surface area contributed by atoms with E-state index in [4.69, 9.17) is 0 Å². The molecule has 3 aromatic carbocycles. The summed E-state index contributed by atoms with van der Waals surface area (Å²) in [5, 5.41) is 0. The van der Waals surface area contributed by atoms with Crippen LogP contribution in [0.2, 0.25) is 0 Å². The molecule has 2 nitrogen and oxygen atoms in total. The summed E-state index contributed by atoms with van der Waals surface area (Å²) in [6.07, 6.45) is -4.38. The van der Waals surface area contributed by atoms with Gasteiger partial charge in [0.15, 0.2) is 0 Å². The van der Waals surface area contributed by atoms with Gasteiger partial charge in [0.2, 0.25) is 5.91 Å². The van der Waals surface area contributed by atoms with Crippen LogP contribution in [0.3, 0.4) is 0 Å². The number of carbonyl (C=O) groups is 1. The van der Waals surface area contributed by atoms with Crippen molar-refractivity contribution < 1.29 is 18.0 Å². The van der Waals surface area contributed by atoms with Gasteiger partial charge in [-0.15, -0.1) is 11.8 Å². The van der Waals surface area contributed by atoms with Crippen molar-refractivity contribution in [2.24, 2.45) is 5.92 Å². The van der Waals surface area contributed by atoms with Crippen LogP contribution in [0.5, 0.6) is 0 Å². The minimum absolute atomic E-state index is 0.00724. The van der Waals surface area contributed by atoms with Crippen LogP contribution in [0.25, 0.3) is 0 Å². The van der Waals surface area contributed by atoms with E-state index in [2.05, 4.69) is 0 Å². The van der Waals surface area contributed by atoms with Crippen LogP contribution < -0.4 is 4.90 Å². The average Bonchev–Trinajstić information content (AvgIpc) is 2.73. The molecule has 4 rings (SSSR count). The normalized spacial score (nSPS) is 18.9. The number of anilines is 1. The van der Waals surface area contributed by atoms with Gasteiger partial charge in [-0.25, -0.2) is 0 Å². The number of hydrogen-bond acceptors (Lipinski definition) is 2. The van der Waals surface area contributed by atoms with Gasteiger partial charge in [0.1, 0.15) is 0 Å². The molecule has 0 aromatic heterocycles. The van der Waals surface area contributed by atoms with Crippen LogP contribution in [0.4, 0.5) is 18.9 Å². The number of amides is 1. The second kappa shape index (κ2) is 8.19. The quantitative estimate of drug-likeness (QED) is 0.342. The van der Waals surface area contributed by atoms with Crippen molar-refractivity contribution in [1.29, 1.82) is 0 Å². The van der Waals surface area contributed by atoms with Crippen molar-refractivity contribution in [3.63, 3.8) is 0 Å². The standard InChI is InChI=1S/C24H20F3NOS/c1-16-10-12-19(13-11-16)28-22(17-6-3-2-4-7-17)21(23(28)29)15-30-20-9-5-8-18(14-20)24(25,26)27/h2-14,21-22H,15H2,1H3/t21-,22+/m1/s1. The third kappa shape index (κ3) is 4.10. The van der Waals surface area contributed by atoms with E-state index in [9.17, 15) is 18.0 Å². The van der Waals surface area contributed by atoms with E-state index in [1.165, 1.54) is 17.8 Å². The Bertz CT molecular complexity index is 1030. The fourth-order valence-electron chi connectivity index (χ4n) is 3.68. The molecule has 0 unspecified atom stereocenters. The van der Waals surface area contributed by atoms with E-state index in [-0.39, 0.29) is 17.9 Å². The first-order valence-corrected chi connectivity index (χ1v) is 10.6. The van der Waals surface area contributed by atoms with Crippen LogP contribution in [0.1, 0.15) is 22.7 Å². The van der Waals surface area contributed by atoms with E-state index < -0.39 is 11.7 Å². The maximum atomic E-state index is 13.0. The predicted molar refractivity (Wildman–Crippen MR) is 114 cm³/mol. The molecule has 1 heterocycles. The Kier molecular flexibility index (Phi) is 5.60. The summed E-state index contributed by atoms with van der Waals surface area (Å²) >= 11 is 1.29. The molecular weight excluding hydrogens is 407 g/mol. The molecule has 1 aliphatic rings. The van der Waals surface area contributed by atoms with Crippen LogP contribution in [0, 0.1) is 12.8 Å². The molecule has 154 valence electrons. The lowest BCUT2D eigenvalue weighted by atomic mass is 9.83. The lowest BCUT2D eigenvalue weighted by molar-refractivity contribution is -0.137. The summed E-state index contributed by atoms with van der Waals surface area (Å²) in [4.78, 5) is 15.3. The summed E-state index contributed by atoms with van der Waals surface area (Å²) in [7, 11) is 0. The van der Waals surface area contributed by atoms with E-state index >= 15 is 0 Å². The third-order valence-electron chi connectivity index (χ3n) is 5.26. The van der Waals surface area contributed by atoms with Gasteiger partial charge in [-0.1, -0.05) is 54.1 Å². The van der Waals surface area contributed by atoms with Crippen LogP contribution in [-0.2, 0) is 11.0 Å². The van der Waals surface area contributed by atoms with Crippen molar-refractivity contribution >= 4 is 23.4 Å². The zero-order chi connectivity index (χ0) is 21.3. The lowest BCUT2D eigenvalue weighted by Crippen LogP contribution is -2.56. The van der Waals surface area contributed by atoms with Crippen molar-refractivity contribution in [1.82, 2.24) is 0 Å². The molecular formula is C24H20F3NOS. The number of halogens is 3. The fourth-order valence-corrected chi connectivity index (χ4v) is 4.77. The smallest absolute Gasteiger partial charge is 0.304 e. The molecule has 1 saturated heterocycles. The highest BCUT2D eigenvalue weighted by Crippen LogP contribution is 2.45. The number of β-lactam (4-membered cyclic amide) rings is 1. The topological polar surface area (TPSA) is 20.3 Å². The maximum Gasteiger partial charge on any atom is 0.416 e. The highest BCUT2D eigenvalue weighted by atomic mass is 32.2. The van der Waals surface area contributed by atoms with Gasteiger partial charge in [-0.2, -0.15) is 13.2 Å². The molecule has 0 spiro atoms. The summed E-state index contributed by atoms with van der Waals surface area (Å²) in [6, 6.07) is 22.7. The Morgan fingerprint density at radius 2 is 1.63 bits per heavy atom. The largest absolute Gasteiger partial charge is 0.416 e. The first kappa shape index (κ1) is 20.5. The molecule has 30 heavy (non-hydrogen) atoms. The zero-order valence-electron chi connectivity index (χ0n) is 16.3. The Labute approximate surface area is 177 Å². The van der Waals surface area contributed by atoms with E-state index in [1.54, 1.807) is 11.0 Å². The van der Waals surface area contributed by atoms with Gasteiger partial charge in [0, 0.05) is 16.3 Å². The van der Waals surface area contributed by atoms with Crippen molar-refractivity contribution in [2.75, 3.05) is 10.7 Å². The predicted octanol–water partition coefficient (Wildman–Crippen LogP) is 6.51. The van der Waals surface area contributed by atoms with E-state index in [0.29, 0.717) is 10.6 Å². The SMILES string of the molecule is Cc1ccc(N2C(=O)[C@H](CSc3cccc(C(F)(F)F)c3)[C@@H]2c2ccccc2)cc1. The van der Waals surface area contributed by atoms with Gasteiger partial charge < -0.3 is 4.90 Å². The summed E-state index contributed by atoms with van der Waals surface area (Å²) in [6.45, 7) is 1.99. The molecule has 2 atom stereocenters. The van der Waals surface area contributed by atoms with Gasteiger partial charge in [0.05, 0.1) is 17.5 Å². The summed E-state index contributed by atoms with van der Waals surface area (Å²) in [5.41, 5.74) is 2.29. The zero-order valence-corrected chi connectivity index (χ0v) is 17.1. The van der Waals surface area contributed by atoms with Crippen molar-refractivity contribution in [2.45, 2.75) is 24.0 Å². The average molecular weight is 427 g/mol. The van der Waals surface area contributed by atoms with Gasteiger partial charge in [-0.05, 0) is 42.8 Å². The molecule has 0 aliphatic carbocycles. The number of nitrogens with zero attached hydrogens (tertiary/aromatic N) is 1. The van der Waals surface area contributed by atoms with Gasteiger partial charge in [0.25, 0.3) is 0 Å². The summed E-state index contributed by atoms with van der Waals surface area (Å²) < 4.78 is 39.0. The van der Waals surface area contributed by atoms with Crippen molar-refractivity contribution in [3.8, 4) is 0 Å². The number of benzene rings is 3. The maximum absolute atomic E-state index is 13.0. The second-order valence-electron chi connectivity index (χ2n) is 7.34. The fraction of sp³-hybridized carbons (Fsp3) is 0.208. The van der Waals surface area contributed by atoms with Crippen molar-refractivity contribution in [3.05, 3.63) is 95.6 Å². The molecule has 0 saturated carbocycles. The number of thioether (sulfide) groups is 1. The molecule has 1 aliphatic heterocycles. The van der Waals surface area contributed by atoms with Gasteiger partial charge >= 0.3 is 6.18 Å². The number of alkyl halides is 3. The highest BCUT2D eigenvalue weighted by molar-refractivity contribution is 7.99. The first-order valence-electron chi connectivity index (χ1n) is 9.59. The second-order valence-corrected chi connectivity index (χ2v) is 8.44. The Balaban J connectivity index is 1.57. The number of rotatable bonds is 5. The minimum atomic E-state index is -4.38. The number of hydrogen-bond donors (Lipinski definition) is 0. The molecule has 0 radical (unpaired) electrons. The van der Waals surface area contributed by atoms with Crippen LogP contribution in [-0.4, -0.2) is 11.7 Å². The summed E-state index contributed by atoms with van der Waals surface area (Å²) in [5.74, 6) is 0.114. The molecule has 0 N–H and O–H groups in total.